The van der Waals surface area contributed by atoms with E-state index in [1.165, 1.54) is 0 Å². The highest BCUT2D eigenvalue weighted by molar-refractivity contribution is 5.51. The molecule has 2 bridgehead atoms. The van der Waals surface area contributed by atoms with Crippen molar-refractivity contribution in [2.24, 2.45) is 5.92 Å². The quantitative estimate of drug-likeness (QED) is 0.833. The molecule has 4 rings (SSSR count). The van der Waals surface area contributed by atoms with E-state index in [0.29, 0.717) is 12.0 Å². The molecule has 0 amide bonds. The van der Waals surface area contributed by atoms with E-state index in [-0.39, 0.29) is 6.79 Å². The van der Waals surface area contributed by atoms with Crippen molar-refractivity contribution in [2.75, 3.05) is 53.8 Å². The van der Waals surface area contributed by atoms with E-state index in [9.17, 15) is 0 Å². The molecule has 2 fully saturated rings. The first kappa shape index (κ1) is 15.1. The molecule has 0 saturated carbocycles. The van der Waals surface area contributed by atoms with Crippen molar-refractivity contribution < 1.29 is 18.9 Å². The summed E-state index contributed by atoms with van der Waals surface area (Å²) in [5.74, 6) is 3.00. The van der Waals surface area contributed by atoms with Gasteiger partial charge in [-0.2, -0.15) is 0 Å². The second kappa shape index (κ2) is 6.19. The lowest BCUT2D eigenvalue weighted by Gasteiger charge is -2.30. The third kappa shape index (κ3) is 2.98. The third-order valence-electron chi connectivity index (χ3n) is 4.91. The fourth-order valence-electron chi connectivity index (χ4n) is 3.85. The molecular formula is C17H24N2O4. The number of rotatable bonds is 3. The summed E-state index contributed by atoms with van der Waals surface area (Å²) in [5.41, 5.74) is 1.15. The minimum Gasteiger partial charge on any atom is -0.496 e. The SMILES string of the molecule is COc1cc2c(cc1CN1C[C@H]3COC[C@@H]1CN(C)C3)OCO2. The Morgan fingerprint density at radius 1 is 1.13 bits per heavy atom. The highest BCUT2D eigenvalue weighted by Gasteiger charge is 2.32. The Labute approximate surface area is 136 Å². The molecule has 2 atom stereocenters. The van der Waals surface area contributed by atoms with Gasteiger partial charge in [0.2, 0.25) is 6.79 Å². The maximum absolute atomic E-state index is 5.86. The van der Waals surface area contributed by atoms with Gasteiger partial charge in [0.05, 0.1) is 20.3 Å². The van der Waals surface area contributed by atoms with Crippen LogP contribution in [0, 0.1) is 5.92 Å². The Balaban J connectivity index is 1.59. The van der Waals surface area contributed by atoms with Crippen LogP contribution in [0.3, 0.4) is 0 Å². The van der Waals surface area contributed by atoms with Crippen LogP contribution < -0.4 is 14.2 Å². The number of benzene rings is 1. The van der Waals surface area contributed by atoms with Gasteiger partial charge in [0.25, 0.3) is 0 Å². The van der Waals surface area contributed by atoms with Gasteiger partial charge in [0.1, 0.15) is 5.75 Å². The molecule has 3 heterocycles. The van der Waals surface area contributed by atoms with Crippen LogP contribution in [0.5, 0.6) is 17.2 Å². The van der Waals surface area contributed by atoms with Crippen molar-refractivity contribution >= 4 is 0 Å². The molecule has 6 nitrogen and oxygen atoms in total. The molecule has 1 aromatic carbocycles. The summed E-state index contributed by atoms with van der Waals surface area (Å²) in [4.78, 5) is 4.95. The number of nitrogens with zero attached hydrogens (tertiary/aromatic N) is 2. The minimum absolute atomic E-state index is 0.287. The van der Waals surface area contributed by atoms with E-state index in [1.807, 2.05) is 6.07 Å². The van der Waals surface area contributed by atoms with Gasteiger partial charge >= 0.3 is 0 Å². The van der Waals surface area contributed by atoms with Crippen LogP contribution in [0.2, 0.25) is 0 Å². The summed E-state index contributed by atoms with van der Waals surface area (Å²) in [6.07, 6.45) is 0. The lowest BCUT2D eigenvalue weighted by atomic mass is 10.1. The molecule has 0 N–H and O–H groups in total. The van der Waals surface area contributed by atoms with Crippen LogP contribution in [-0.4, -0.2) is 69.6 Å². The number of hydrogen-bond acceptors (Lipinski definition) is 6. The first-order chi connectivity index (χ1) is 11.2. The van der Waals surface area contributed by atoms with Gasteiger partial charge in [-0.25, -0.2) is 0 Å². The summed E-state index contributed by atoms with van der Waals surface area (Å²) in [6, 6.07) is 4.41. The van der Waals surface area contributed by atoms with Gasteiger partial charge in [-0.3, -0.25) is 4.90 Å². The van der Waals surface area contributed by atoms with E-state index in [0.717, 1.165) is 62.2 Å². The molecule has 0 unspecified atom stereocenters. The second-order valence-corrected chi connectivity index (χ2v) is 6.73. The van der Waals surface area contributed by atoms with Crippen molar-refractivity contribution in [1.29, 1.82) is 0 Å². The van der Waals surface area contributed by atoms with Crippen LogP contribution in [0.15, 0.2) is 12.1 Å². The van der Waals surface area contributed by atoms with Crippen molar-refractivity contribution in [2.45, 2.75) is 12.6 Å². The van der Waals surface area contributed by atoms with Crippen molar-refractivity contribution in [3.8, 4) is 17.2 Å². The molecule has 0 aliphatic carbocycles. The third-order valence-corrected chi connectivity index (χ3v) is 4.91. The van der Waals surface area contributed by atoms with Gasteiger partial charge in [-0.05, 0) is 13.1 Å². The monoisotopic (exact) mass is 320 g/mol. The summed E-state index contributed by atoms with van der Waals surface area (Å²) in [6.45, 7) is 6.00. The molecule has 0 radical (unpaired) electrons. The first-order valence-electron chi connectivity index (χ1n) is 8.20. The van der Waals surface area contributed by atoms with Crippen LogP contribution in [0.25, 0.3) is 0 Å². The van der Waals surface area contributed by atoms with Gasteiger partial charge in [-0.15, -0.1) is 0 Å². The van der Waals surface area contributed by atoms with Crippen molar-refractivity contribution in [1.82, 2.24) is 9.80 Å². The first-order valence-corrected chi connectivity index (χ1v) is 8.20. The topological polar surface area (TPSA) is 43.4 Å². The van der Waals surface area contributed by atoms with E-state index in [1.54, 1.807) is 7.11 Å². The lowest BCUT2D eigenvalue weighted by molar-refractivity contribution is 0.0560. The Morgan fingerprint density at radius 3 is 2.78 bits per heavy atom. The molecular weight excluding hydrogens is 296 g/mol. The molecule has 2 saturated heterocycles. The molecule has 126 valence electrons. The van der Waals surface area contributed by atoms with Gasteiger partial charge in [0, 0.05) is 49.8 Å². The van der Waals surface area contributed by atoms with Crippen molar-refractivity contribution in [3.63, 3.8) is 0 Å². The highest BCUT2D eigenvalue weighted by Crippen LogP contribution is 2.39. The zero-order valence-electron chi connectivity index (χ0n) is 13.8. The van der Waals surface area contributed by atoms with E-state index >= 15 is 0 Å². The minimum atomic E-state index is 0.287. The predicted octanol–water partition coefficient (Wildman–Crippen LogP) is 1.19. The maximum Gasteiger partial charge on any atom is 0.231 e. The van der Waals surface area contributed by atoms with Crippen LogP contribution >= 0.6 is 0 Å². The molecule has 6 heteroatoms. The van der Waals surface area contributed by atoms with Gasteiger partial charge in [0.15, 0.2) is 11.5 Å². The second-order valence-electron chi connectivity index (χ2n) is 6.73. The fourth-order valence-corrected chi connectivity index (χ4v) is 3.85. The number of fused-ring (bicyclic) bond motifs is 4. The Bertz CT molecular complexity index is 580. The van der Waals surface area contributed by atoms with E-state index < -0.39 is 0 Å². The number of likely N-dealkylation sites (N-methyl/N-ethyl adjacent to an activating group) is 1. The number of ether oxygens (including phenoxy) is 4. The lowest BCUT2D eigenvalue weighted by Crippen LogP contribution is -2.42. The maximum atomic E-state index is 5.86. The van der Waals surface area contributed by atoms with Crippen LogP contribution in [0.4, 0.5) is 0 Å². The summed E-state index contributed by atoms with van der Waals surface area (Å²) >= 11 is 0. The molecule has 0 aromatic heterocycles. The molecule has 3 aliphatic rings. The zero-order chi connectivity index (χ0) is 15.8. The zero-order valence-corrected chi connectivity index (χ0v) is 13.8. The summed E-state index contributed by atoms with van der Waals surface area (Å²) < 4.78 is 22.4. The molecule has 1 aromatic rings. The highest BCUT2D eigenvalue weighted by atomic mass is 16.7. The Kier molecular flexibility index (Phi) is 4.05. The number of methoxy groups -OCH3 is 1. The normalized spacial score (nSPS) is 27.7. The molecule has 23 heavy (non-hydrogen) atoms. The largest absolute Gasteiger partial charge is 0.496 e. The average molecular weight is 320 g/mol. The number of hydrogen-bond donors (Lipinski definition) is 0. The summed E-state index contributed by atoms with van der Waals surface area (Å²) in [7, 11) is 3.91. The van der Waals surface area contributed by atoms with Gasteiger partial charge in [-0.1, -0.05) is 0 Å². The van der Waals surface area contributed by atoms with E-state index in [4.69, 9.17) is 18.9 Å². The van der Waals surface area contributed by atoms with E-state index in [2.05, 4.69) is 22.9 Å². The van der Waals surface area contributed by atoms with Crippen LogP contribution in [-0.2, 0) is 11.3 Å². The van der Waals surface area contributed by atoms with Crippen molar-refractivity contribution in [3.05, 3.63) is 17.7 Å². The standard InChI is InChI=1S/C17H24N2O4/c1-18-5-12-6-19(14(8-18)10-21-9-12)7-13-3-16-17(23-11-22-16)4-15(13)20-2/h3-4,12,14H,5-11H2,1-2H3/t12-,14-/m0/s1. The smallest absolute Gasteiger partial charge is 0.231 e. The average Bonchev–Trinajstić information content (AvgIpc) is 2.82. The molecule has 3 aliphatic heterocycles. The van der Waals surface area contributed by atoms with Crippen LogP contribution in [0.1, 0.15) is 5.56 Å². The fraction of sp³-hybridized carbons (Fsp3) is 0.647. The summed E-state index contributed by atoms with van der Waals surface area (Å²) in [5, 5.41) is 0. The Morgan fingerprint density at radius 2 is 1.96 bits per heavy atom. The van der Waals surface area contributed by atoms with Gasteiger partial charge < -0.3 is 23.8 Å². The molecule has 0 spiro atoms. The predicted molar refractivity (Wildman–Crippen MR) is 85.1 cm³/mol. The Hall–Kier alpha value is -1.50.